The van der Waals surface area contributed by atoms with E-state index in [2.05, 4.69) is 46.4 Å². The van der Waals surface area contributed by atoms with Crippen molar-refractivity contribution in [3.05, 3.63) is 113 Å². The van der Waals surface area contributed by atoms with E-state index < -0.39 is 17.7 Å². The number of fused-ring (bicyclic) bond motifs is 2. The van der Waals surface area contributed by atoms with Crippen LogP contribution < -0.4 is 14.4 Å². The van der Waals surface area contributed by atoms with Crippen molar-refractivity contribution < 1.29 is 24.2 Å². The SMILES string of the molecule is CCCCOc1ccc(C2C(=C(O)c3c(C)nc4ccccn34)C(=O)C(=O)N2c2nnc(SCc3cccc4ccccc34)s2)cc1OC. The standard InChI is InChI=1S/C37H33N5O5S2/c1-4-5-19-47-27-17-16-24(20-28(27)46-3)32-30(33(43)31-22(2)38-29-15-8-9-18-41(29)31)34(44)35(45)42(32)36-39-40-37(49-36)48-21-25-13-10-12-23-11-6-7-14-26(23)25/h6-18,20,32,43H,4-5,19,21H2,1-3H3. The summed E-state index contributed by atoms with van der Waals surface area (Å²) in [7, 11) is 1.54. The van der Waals surface area contributed by atoms with Gasteiger partial charge in [0.1, 0.15) is 11.3 Å². The molecule has 1 amide bonds. The van der Waals surface area contributed by atoms with Gasteiger partial charge < -0.3 is 14.6 Å². The molecule has 0 aliphatic carbocycles. The van der Waals surface area contributed by atoms with Crippen molar-refractivity contribution in [3.8, 4) is 11.5 Å². The average Bonchev–Trinajstić information content (AvgIpc) is 3.80. The maximum atomic E-state index is 14.0. The number of aryl methyl sites for hydroxylation is 1. The lowest BCUT2D eigenvalue weighted by Gasteiger charge is -2.23. The number of pyridine rings is 1. The number of hydrogen-bond donors (Lipinski definition) is 1. The van der Waals surface area contributed by atoms with E-state index in [1.54, 1.807) is 41.8 Å². The van der Waals surface area contributed by atoms with Gasteiger partial charge in [0.2, 0.25) is 5.13 Å². The van der Waals surface area contributed by atoms with Crippen molar-refractivity contribution in [2.75, 3.05) is 18.6 Å². The molecule has 10 nitrogen and oxygen atoms in total. The molecule has 0 spiro atoms. The number of benzene rings is 3. The molecular formula is C37H33N5O5S2. The number of carbonyl (C=O) groups excluding carboxylic acids is 2. The number of unbranched alkanes of at least 4 members (excludes halogenated alkanes) is 1. The van der Waals surface area contributed by atoms with Gasteiger partial charge in [0.05, 0.1) is 31.0 Å². The number of Topliss-reactive ketones (excluding diaryl/α,β-unsaturated/α-hetero) is 1. The first-order chi connectivity index (χ1) is 23.9. The second kappa shape index (κ2) is 13.7. The number of aromatic nitrogens is 4. The fraction of sp³-hybridized carbons (Fsp3) is 0.216. The number of ketones is 1. The Bertz CT molecular complexity index is 2240. The highest BCUT2D eigenvalue weighted by Crippen LogP contribution is 2.46. The van der Waals surface area contributed by atoms with Crippen molar-refractivity contribution in [1.29, 1.82) is 0 Å². The number of anilines is 1. The Balaban J connectivity index is 1.30. The first-order valence-electron chi connectivity index (χ1n) is 15.9. The lowest BCUT2D eigenvalue weighted by Crippen LogP contribution is -2.29. The molecule has 6 aromatic rings. The van der Waals surface area contributed by atoms with Crippen LogP contribution >= 0.6 is 23.1 Å². The Labute approximate surface area is 291 Å². The van der Waals surface area contributed by atoms with Gasteiger partial charge in [-0.3, -0.25) is 18.9 Å². The van der Waals surface area contributed by atoms with E-state index in [4.69, 9.17) is 9.47 Å². The van der Waals surface area contributed by atoms with Crippen LogP contribution in [0.15, 0.2) is 95.0 Å². The van der Waals surface area contributed by atoms with Crippen LogP contribution in [0.5, 0.6) is 11.5 Å². The van der Waals surface area contributed by atoms with E-state index in [1.807, 2.05) is 30.3 Å². The largest absolute Gasteiger partial charge is 0.505 e. The summed E-state index contributed by atoms with van der Waals surface area (Å²) < 4.78 is 14.0. The van der Waals surface area contributed by atoms with Gasteiger partial charge in [0.15, 0.2) is 21.6 Å². The van der Waals surface area contributed by atoms with E-state index in [9.17, 15) is 14.7 Å². The molecule has 7 rings (SSSR count). The van der Waals surface area contributed by atoms with Gasteiger partial charge in [0.25, 0.3) is 5.78 Å². The van der Waals surface area contributed by atoms with Gasteiger partial charge in [-0.25, -0.2) is 4.98 Å². The molecule has 248 valence electrons. The van der Waals surface area contributed by atoms with Crippen molar-refractivity contribution in [2.45, 2.75) is 42.8 Å². The van der Waals surface area contributed by atoms with Crippen LogP contribution in [0.25, 0.3) is 22.2 Å². The predicted octanol–water partition coefficient (Wildman–Crippen LogP) is 7.75. The lowest BCUT2D eigenvalue weighted by atomic mass is 9.96. The zero-order valence-corrected chi connectivity index (χ0v) is 28.8. The molecule has 0 radical (unpaired) electrons. The second-order valence-corrected chi connectivity index (χ2v) is 13.7. The summed E-state index contributed by atoms with van der Waals surface area (Å²) in [6.45, 7) is 4.35. The van der Waals surface area contributed by atoms with E-state index >= 15 is 0 Å². The fourth-order valence-corrected chi connectivity index (χ4v) is 7.96. The van der Waals surface area contributed by atoms with Crippen LogP contribution in [0.4, 0.5) is 5.13 Å². The molecule has 1 unspecified atom stereocenters. The Morgan fingerprint density at radius 1 is 1.00 bits per heavy atom. The third-order valence-corrected chi connectivity index (χ3v) is 10.6. The van der Waals surface area contributed by atoms with Crippen LogP contribution in [-0.2, 0) is 15.3 Å². The van der Waals surface area contributed by atoms with E-state index in [1.165, 1.54) is 35.1 Å². The monoisotopic (exact) mass is 691 g/mol. The maximum Gasteiger partial charge on any atom is 0.301 e. The molecule has 1 saturated heterocycles. The average molecular weight is 692 g/mol. The molecule has 1 fully saturated rings. The highest BCUT2D eigenvalue weighted by molar-refractivity contribution is 8.00. The summed E-state index contributed by atoms with van der Waals surface area (Å²) in [4.78, 5) is 33.8. The number of ether oxygens (including phenoxy) is 2. The number of amides is 1. The molecule has 1 atom stereocenters. The zero-order valence-electron chi connectivity index (χ0n) is 27.1. The van der Waals surface area contributed by atoms with Gasteiger partial charge in [-0.2, -0.15) is 0 Å². The minimum atomic E-state index is -1.03. The Kier molecular flexibility index (Phi) is 9.07. The smallest absolute Gasteiger partial charge is 0.301 e. The minimum Gasteiger partial charge on any atom is -0.505 e. The van der Waals surface area contributed by atoms with Crippen molar-refractivity contribution in [1.82, 2.24) is 19.6 Å². The number of carbonyl (C=O) groups is 2. The first-order valence-corrected chi connectivity index (χ1v) is 17.7. The van der Waals surface area contributed by atoms with Crippen molar-refractivity contribution in [2.24, 2.45) is 0 Å². The highest BCUT2D eigenvalue weighted by Gasteiger charge is 2.49. The van der Waals surface area contributed by atoms with Gasteiger partial charge >= 0.3 is 5.91 Å². The lowest BCUT2D eigenvalue weighted by molar-refractivity contribution is -0.132. The number of imidazole rings is 1. The highest BCUT2D eigenvalue weighted by atomic mass is 32.2. The normalized spacial score (nSPS) is 15.8. The number of hydrogen-bond acceptors (Lipinski definition) is 10. The molecular weight excluding hydrogens is 659 g/mol. The van der Waals surface area contributed by atoms with E-state index in [0.717, 1.165) is 29.2 Å². The van der Waals surface area contributed by atoms with E-state index in [-0.39, 0.29) is 16.5 Å². The maximum absolute atomic E-state index is 14.0. The molecule has 12 heteroatoms. The number of thioether (sulfide) groups is 1. The van der Waals surface area contributed by atoms with Crippen LogP contribution in [0.1, 0.15) is 48.3 Å². The van der Waals surface area contributed by atoms with Crippen LogP contribution in [0, 0.1) is 6.92 Å². The van der Waals surface area contributed by atoms with Gasteiger partial charge in [-0.15, -0.1) is 10.2 Å². The summed E-state index contributed by atoms with van der Waals surface area (Å²) in [6, 6.07) is 24.1. The van der Waals surface area contributed by atoms with Gasteiger partial charge in [-0.1, -0.05) is 91.0 Å². The summed E-state index contributed by atoms with van der Waals surface area (Å²) in [5.41, 5.74) is 3.03. The van der Waals surface area contributed by atoms with Crippen LogP contribution in [-0.4, -0.2) is 50.1 Å². The molecule has 1 aliphatic rings. The summed E-state index contributed by atoms with van der Waals surface area (Å²) in [5.74, 6) is -0.370. The second-order valence-electron chi connectivity index (χ2n) is 11.5. The quantitative estimate of drug-likeness (QED) is 0.0363. The van der Waals surface area contributed by atoms with Crippen LogP contribution in [0.3, 0.4) is 0 Å². The fourth-order valence-electron chi connectivity index (χ4n) is 6.09. The third kappa shape index (κ3) is 6.02. The molecule has 0 bridgehead atoms. The minimum absolute atomic E-state index is 0.0828. The number of nitrogens with zero attached hydrogens (tertiary/aromatic N) is 5. The summed E-state index contributed by atoms with van der Waals surface area (Å²) >= 11 is 2.72. The number of aliphatic hydroxyl groups is 1. The van der Waals surface area contributed by atoms with Crippen LogP contribution in [0.2, 0.25) is 0 Å². The topological polar surface area (TPSA) is 119 Å². The molecule has 3 aromatic carbocycles. The molecule has 49 heavy (non-hydrogen) atoms. The first kappa shape index (κ1) is 32.4. The number of methoxy groups -OCH3 is 1. The van der Waals surface area contributed by atoms with E-state index in [0.29, 0.717) is 50.8 Å². The number of aliphatic hydroxyl groups excluding tert-OH is 1. The molecule has 1 aliphatic heterocycles. The third-order valence-electron chi connectivity index (χ3n) is 8.46. The summed E-state index contributed by atoms with van der Waals surface area (Å²) in [6.07, 6.45) is 3.61. The van der Waals surface area contributed by atoms with Gasteiger partial charge in [0, 0.05) is 11.9 Å². The molecule has 4 heterocycles. The van der Waals surface area contributed by atoms with Crippen molar-refractivity contribution in [3.63, 3.8) is 0 Å². The Morgan fingerprint density at radius 2 is 1.82 bits per heavy atom. The summed E-state index contributed by atoms with van der Waals surface area (Å²) in [5, 5.41) is 23.3. The predicted molar refractivity (Wildman–Crippen MR) is 192 cm³/mol. The Hall–Kier alpha value is -5.20. The molecule has 1 N–H and O–H groups in total. The zero-order chi connectivity index (χ0) is 34.1. The molecule has 3 aromatic heterocycles. The number of rotatable bonds is 11. The Morgan fingerprint density at radius 3 is 2.65 bits per heavy atom. The van der Waals surface area contributed by atoms with Gasteiger partial charge in [-0.05, 0) is 59.5 Å². The van der Waals surface area contributed by atoms with Crippen molar-refractivity contribution >= 4 is 62.1 Å². The molecule has 0 saturated carbocycles.